The summed E-state index contributed by atoms with van der Waals surface area (Å²) in [7, 11) is 0. The number of nitrogens with two attached hydrogens (primary N) is 1. The molecule has 0 unspecified atom stereocenters. The average Bonchev–Trinajstić information content (AvgIpc) is 2.22. The first-order valence-corrected chi connectivity index (χ1v) is 5.94. The van der Waals surface area contributed by atoms with Crippen molar-refractivity contribution in [2.24, 2.45) is 5.73 Å². The first kappa shape index (κ1) is 14.8. The van der Waals surface area contributed by atoms with Crippen molar-refractivity contribution in [3.63, 3.8) is 0 Å². The summed E-state index contributed by atoms with van der Waals surface area (Å²) in [6.07, 6.45) is 0.850. The third-order valence-electron chi connectivity index (χ3n) is 1.54. The van der Waals surface area contributed by atoms with Crippen LogP contribution in [0.1, 0.15) is 19.8 Å². The Labute approximate surface area is 98.8 Å². The van der Waals surface area contributed by atoms with E-state index in [9.17, 15) is 9.59 Å². The number of carbonyl (C=O) groups excluding carboxylic acids is 2. The van der Waals surface area contributed by atoms with Crippen LogP contribution in [0.4, 0.5) is 0 Å². The summed E-state index contributed by atoms with van der Waals surface area (Å²) in [6.45, 7) is 2.55. The van der Waals surface area contributed by atoms with Crippen LogP contribution < -0.4 is 11.1 Å². The number of esters is 1. The lowest BCUT2D eigenvalue weighted by Crippen LogP contribution is -2.27. The Balaban J connectivity index is 3.40. The predicted octanol–water partition coefficient (Wildman–Crippen LogP) is 0.0726. The van der Waals surface area contributed by atoms with Gasteiger partial charge in [0, 0.05) is 13.0 Å². The molecule has 0 bridgehead atoms. The molecule has 0 aromatic rings. The van der Waals surface area contributed by atoms with Gasteiger partial charge in [0.1, 0.15) is 0 Å². The minimum atomic E-state index is -0.255. The van der Waals surface area contributed by atoms with Gasteiger partial charge in [0.25, 0.3) is 0 Å². The SMILES string of the molecule is CCOC(=O)CCCNC(=O)CSC(=N)N. The summed E-state index contributed by atoms with van der Waals surface area (Å²) in [4.78, 5) is 22.0. The molecular formula is C9H17N3O3S. The highest BCUT2D eigenvalue weighted by molar-refractivity contribution is 8.14. The Bertz CT molecular complexity index is 258. The molecule has 0 heterocycles. The van der Waals surface area contributed by atoms with Crippen molar-refractivity contribution in [1.29, 1.82) is 5.41 Å². The topological polar surface area (TPSA) is 105 Å². The molecule has 0 aliphatic carbocycles. The monoisotopic (exact) mass is 247 g/mol. The van der Waals surface area contributed by atoms with Crippen LogP contribution in [0.15, 0.2) is 0 Å². The minimum Gasteiger partial charge on any atom is -0.466 e. The highest BCUT2D eigenvalue weighted by Gasteiger charge is 2.04. The molecule has 0 aromatic heterocycles. The summed E-state index contributed by atoms with van der Waals surface area (Å²) in [6, 6.07) is 0. The van der Waals surface area contributed by atoms with Crippen molar-refractivity contribution >= 4 is 28.8 Å². The van der Waals surface area contributed by atoms with Crippen molar-refractivity contribution in [3.05, 3.63) is 0 Å². The summed E-state index contributed by atoms with van der Waals surface area (Å²) < 4.78 is 4.73. The zero-order valence-corrected chi connectivity index (χ0v) is 10.1. The summed E-state index contributed by atoms with van der Waals surface area (Å²) in [5.41, 5.74) is 5.07. The Kier molecular flexibility index (Phi) is 8.32. The molecule has 0 rings (SSSR count). The van der Waals surface area contributed by atoms with Gasteiger partial charge in [0.2, 0.25) is 5.91 Å². The molecule has 6 nitrogen and oxygen atoms in total. The van der Waals surface area contributed by atoms with E-state index < -0.39 is 0 Å². The van der Waals surface area contributed by atoms with Crippen molar-refractivity contribution in [2.45, 2.75) is 19.8 Å². The second-order valence-corrected chi connectivity index (χ2v) is 3.93. The number of ether oxygens (including phenoxy) is 1. The Morgan fingerprint density at radius 2 is 2.19 bits per heavy atom. The standard InChI is InChI=1S/C9H17N3O3S/c1-2-15-8(14)4-3-5-12-7(13)6-16-9(10)11/h2-6H2,1H3,(H3,10,11)(H,12,13). The van der Waals surface area contributed by atoms with Crippen LogP contribution >= 0.6 is 11.8 Å². The van der Waals surface area contributed by atoms with Gasteiger partial charge >= 0.3 is 5.97 Å². The van der Waals surface area contributed by atoms with Gasteiger partial charge in [0.05, 0.1) is 12.4 Å². The lowest BCUT2D eigenvalue weighted by Gasteiger charge is -2.04. The fourth-order valence-electron chi connectivity index (χ4n) is 0.888. The molecule has 0 aliphatic rings. The van der Waals surface area contributed by atoms with E-state index >= 15 is 0 Å². The lowest BCUT2D eigenvalue weighted by atomic mass is 10.3. The number of amidine groups is 1. The van der Waals surface area contributed by atoms with Gasteiger partial charge in [-0.05, 0) is 13.3 Å². The van der Waals surface area contributed by atoms with E-state index in [0.717, 1.165) is 11.8 Å². The number of amides is 1. The van der Waals surface area contributed by atoms with E-state index in [4.69, 9.17) is 15.9 Å². The molecule has 0 radical (unpaired) electrons. The number of thioether (sulfide) groups is 1. The molecule has 7 heteroatoms. The third-order valence-corrected chi connectivity index (χ3v) is 2.26. The smallest absolute Gasteiger partial charge is 0.305 e. The number of hydrogen-bond acceptors (Lipinski definition) is 5. The highest BCUT2D eigenvalue weighted by atomic mass is 32.2. The van der Waals surface area contributed by atoms with E-state index in [1.54, 1.807) is 6.92 Å². The number of nitrogens with one attached hydrogen (secondary N) is 2. The quantitative estimate of drug-likeness (QED) is 0.255. The van der Waals surface area contributed by atoms with E-state index in [1.807, 2.05) is 0 Å². The van der Waals surface area contributed by atoms with Crippen LogP contribution in [-0.2, 0) is 14.3 Å². The van der Waals surface area contributed by atoms with Gasteiger partial charge < -0.3 is 15.8 Å². The van der Waals surface area contributed by atoms with E-state index in [2.05, 4.69) is 5.32 Å². The van der Waals surface area contributed by atoms with E-state index in [-0.39, 0.29) is 22.8 Å². The normalized spacial score (nSPS) is 9.56. The Hall–Kier alpha value is -1.24. The van der Waals surface area contributed by atoms with Gasteiger partial charge in [-0.3, -0.25) is 15.0 Å². The zero-order chi connectivity index (χ0) is 12.4. The molecule has 0 fully saturated rings. The van der Waals surface area contributed by atoms with Crippen molar-refractivity contribution in [3.8, 4) is 0 Å². The van der Waals surface area contributed by atoms with Gasteiger partial charge in [-0.15, -0.1) is 0 Å². The van der Waals surface area contributed by atoms with Crippen molar-refractivity contribution in [2.75, 3.05) is 18.9 Å². The first-order chi connectivity index (χ1) is 7.56. The number of carbonyl (C=O) groups is 2. The maximum atomic E-state index is 11.1. The lowest BCUT2D eigenvalue weighted by molar-refractivity contribution is -0.143. The fraction of sp³-hybridized carbons (Fsp3) is 0.667. The molecule has 1 amide bonds. The summed E-state index contributed by atoms with van der Waals surface area (Å²) >= 11 is 0.969. The van der Waals surface area contributed by atoms with Crippen LogP contribution in [0, 0.1) is 5.41 Å². The van der Waals surface area contributed by atoms with Crippen molar-refractivity contribution in [1.82, 2.24) is 5.32 Å². The van der Waals surface area contributed by atoms with Gasteiger partial charge in [-0.25, -0.2) is 0 Å². The Morgan fingerprint density at radius 1 is 1.50 bits per heavy atom. The highest BCUT2D eigenvalue weighted by Crippen LogP contribution is 1.96. The maximum Gasteiger partial charge on any atom is 0.305 e. The molecule has 0 saturated heterocycles. The largest absolute Gasteiger partial charge is 0.466 e. The van der Waals surface area contributed by atoms with Gasteiger partial charge in [0.15, 0.2) is 5.17 Å². The minimum absolute atomic E-state index is 0.0818. The molecule has 0 aliphatic heterocycles. The van der Waals surface area contributed by atoms with E-state index in [0.29, 0.717) is 26.0 Å². The summed E-state index contributed by atoms with van der Waals surface area (Å²) in [5.74, 6) is -0.312. The molecule has 4 N–H and O–H groups in total. The maximum absolute atomic E-state index is 11.1. The van der Waals surface area contributed by atoms with Crippen LogP contribution in [0.25, 0.3) is 0 Å². The van der Waals surface area contributed by atoms with E-state index in [1.165, 1.54) is 0 Å². The fourth-order valence-corrected chi connectivity index (χ4v) is 1.28. The molecule has 0 saturated carbocycles. The number of rotatable bonds is 7. The molecule has 0 spiro atoms. The van der Waals surface area contributed by atoms with Gasteiger partial charge in [-0.2, -0.15) is 0 Å². The van der Waals surface area contributed by atoms with Crippen LogP contribution in [-0.4, -0.2) is 35.9 Å². The van der Waals surface area contributed by atoms with Crippen LogP contribution in [0.2, 0.25) is 0 Å². The van der Waals surface area contributed by atoms with Gasteiger partial charge in [-0.1, -0.05) is 11.8 Å². The molecular weight excluding hydrogens is 230 g/mol. The van der Waals surface area contributed by atoms with Crippen molar-refractivity contribution < 1.29 is 14.3 Å². The first-order valence-electron chi connectivity index (χ1n) is 4.95. The third kappa shape index (κ3) is 9.32. The predicted molar refractivity (Wildman–Crippen MR) is 63.2 cm³/mol. The average molecular weight is 247 g/mol. The second kappa shape index (κ2) is 9.02. The zero-order valence-electron chi connectivity index (χ0n) is 9.25. The Morgan fingerprint density at radius 3 is 2.75 bits per heavy atom. The molecule has 92 valence electrons. The van der Waals surface area contributed by atoms with Crippen LogP contribution in [0.5, 0.6) is 0 Å². The summed E-state index contributed by atoms with van der Waals surface area (Å²) in [5, 5.41) is 9.44. The second-order valence-electron chi connectivity index (χ2n) is 2.91. The molecule has 0 aromatic carbocycles. The molecule has 0 atom stereocenters. The number of hydrogen-bond donors (Lipinski definition) is 3. The van der Waals surface area contributed by atoms with Crippen LogP contribution in [0.3, 0.4) is 0 Å². The molecule has 16 heavy (non-hydrogen) atoms.